The Labute approximate surface area is 82.2 Å². The quantitative estimate of drug-likeness (QED) is 0.759. The van der Waals surface area contributed by atoms with Crippen LogP contribution in [-0.2, 0) is 4.79 Å². The van der Waals surface area contributed by atoms with Gasteiger partial charge in [-0.05, 0) is 25.0 Å². The molecule has 0 saturated carbocycles. The summed E-state index contributed by atoms with van der Waals surface area (Å²) in [6.07, 6.45) is 1.02. The van der Waals surface area contributed by atoms with Crippen molar-refractivity contribution in [2.45, 2.75) is 25.9 Å². The van der Waals surface area contributed by atoms with Gasteiger partial charge in [0.1, 0.15) is 0 Å². The van der Waals surface area contributed by atoms with Gasteiger partial charge in [0.2, 0.25) is 0 Å². The normalized spacial score (nSPS) is 12.4. The van der Waals surface area contributed by atoms with E-state index in [9.17, 15) is 9.90 Å². The van der Waals surface area contributed by atoms with Gasteiger partial charge in [0.05, 0.1) is 6.10 Å². The minimum Gasteiger partial charge on any atom is -0.481 e. The first-order valence-electron chi connectivity index (χ1n) is 4.42. The SMILES string of the molecule is Cc1ccc(C(O)CCC(=O)O)cn1. The first-order valence-corrected chi connectivity index (χ1v) is 4.42. The highest BCUT2D eigenvalue weighted by atomic mass is 16.4. The van der Waals surface area contributed by atoms with Crippen LogP contribution in [0.3, 0.4) is 0 Å². The summed E-state index contributed by atoms with van der Waals surface area (Å²) in [5, 5.41) is 18.0. The summed E-state index contributed by atoms with van der Waals surface area (Å²) in [5.74, 6) is -0.899. The zero-order valence-corrected chi connectivity index (χ0v) is 7.97. The molecule has 0 aromatic carbocycles. The number of pyridine rings is 1. The van der Waals surface area contributed by atoms with E-state index in [2.05, 4.69) is 4.98 Å². The molecule has 2 N–H and O–H groups in total. The highest BCUT2D eigenvalue weighted by Gasteiger charge is 2.09. The lowest BCUT2D eigenvalue weighted by Gasteiger charge is -2.08. The highest BCUT2D eigenvalue weighted by Crippen LogP contribution is 2.17. The van der Waals surface area contributed by atoms with E-state index >= 15 is 0 Å². The van der Waals surface area contributed by atoms with Gasteiger partial charge >= 0.3 is 5.97 Å². The number of hydrogen-bond acceptors (Lipinski definition) is 3. The average molecular weight is 195 g/mol. The Bertz CT molecular complexity index is 308. The number of aliphatic hydroxyl groups is 1. The number of aliphatic hydroxyl groups excluding tert-OH is 1. The number of hydrogen-bond donors (Lipinski definition) is 2. The first kappa shape index (κ1) is 10.7. The van der Waals surface area contributed by atoms with E-state index in [0.717, 1.165) is 5.69 Å². The van der Waals surface area contributed by atoms with Gasteiger partial charge in [0.15, 0.2) is 0 Å². The molecule has 1 rings (SSSR count). The molecule has 0 radical (unpaired) electrons. The molecule has 0 aliphatic rings. The van der Waals surface area contributed by atoms with Gasteiger partial charge in [0.25, 0.3) is 0 Å². The molecule has 1 heterocycles. The van der Waals surface area contributed by atoms with Crippen LogP contribution < -0.4 is 0 Å². The van der Waals surface area contributed by atoms with Crippen molar-refractivity contribution in [1.82, 2.24) is 4.98 Å². The van der Waals surface area contributed by atoms with Crippen LogP contribution in [0.4, 0.5) is 0 Å². The lowest BCUT2D eigenvalue weighted by atomic mass is 10.1. The number of carboxylic acids is 1. The highest BCUT2D eigenvalue weighted by molar-refractivity contribution is 5.66. The molecule has 1 unspecified atom stereocenters. The second-order valence-electron chi connectivity index (χ2n) is 3.18. The van der Waals surface area contributed by atoms with E-state index in [1.165, 1.54) is 0 Å². The van der Waals surface area contributed by atoms with E-state index in [-0.39, 0.29) is 12.8 Å². The summed E-state index contributed by atoms with van der Waals surface area (Å²) < 4.78 is 0. The third kappa shape index (κ3) is 3.14. The van der Waals surface area contributed by atoms with E-state index in [1.807, 2.05) is 6.92 Å². The van der Waals surface area contributed by atoms with Crippen molar-refractivity contribution in [3.8, 4) is 0 Å². The van der Waals surface area contributed by atoms with Gasteiger partial charge in [-0.1, -0.05) is 6.07 Å². The predicted octanol–water partition coefficient (Wildman–Crippen LogP) is 1.29. The molecule has 1 atom stereocenters. The van der Waals surface area contributed by atoms with Gasteiger partial charge in [-0.3, -0.25) is 9.78 Å². The summed E-state index contributed by atoms with van der Waals surface area (Å²) in [6.45, 7) is 1.85. The van der Waals surface area contributed by atoms with Gasteiger partial charge in [-0.25, -0.2) is 0 Å². The number of carboxylic acid groups (broad SMARTS) is 1. The maximum atomic E-state index is 10.3. The number of aromatic nitrogens is 1. The number of nitrogens with zero attached hydrogens (tertiary/aromatic N) is 1. The van der Waals surface area contributed by atoms with Crippen LogP contribution in [0.15, 0.2) is 18.3 Å². The van der Waals surface area contributed by atoms with Crippen LogP contribution in [-0.4, -0.2) is 21.2 Å². The number of carbonyl (C=O) groups is 1. The second kappa shape index (κ2) is 4.72. The Morgan fingerprint density at radius 2 is 2.29 bits per heavy atom. The smallest absolute Gasteiger partial charge is 0.303 e. The van der Waals surface area contributed by atoms with E-state index in [1.54, 1.807) is 18.3 Å². The Morgan fingerprint density at radius 3 is 2.79 bits per heavy atom. The minimum atomic E-state index is -0.899. The number of aliphatic carboxylic acids is 1. The van der Waals surface area contributed by atoms with Crippen molar-refractivity contribution >= 4 is 5.97 Å². The molecule has 0 aliphatic carbocycles. The summed E-state index contributed by atoms with van der Waals surface area (Å²) in [4.78, 5) is 14.3. The fraction of sp³-hybridized carbons (Fsp3) is 0.400. The third-order valence-corrected chi connectivity index (χ3v) is 1.95. The molecule has 0 fully saturated rings. The van der Waals surface area contributed by atoms with Crippen LogP contribution >= 0.6 is 0 Å². The fourth-order valence-corrected chi connectivity index (χ4v) is 1.10. The van der Waals surface area contributed by atoms with Crippen LogP contribution in [0.5, 0.6) is 0 Å². The number of rotatable bonds is 4. The molecule has 0 spiro atoms. The summed E-state index contributed by atoms with van der Waals surface area (Å²) in [5.41, 5.74) is 1.54. The molecular weight excluding hydrogens is 182 g/mol. The molecule has 1 aromatic rings. The lowest BCUT2D eigenvalue weighted by molar-refractivity contribution is -0.137. The molecule has 1 aromatic heterocycles. The van der Waals surface area contributed by atoms with Crippen LogP contribution in [0.2, 0.25) is 0 Å². The fourth-order valence-electron chi connectivity index (χ4n) is 1.10. The second-order valence-corrected chi connectivity index (χ2v) is 3.18. The molecule has 4 heteroatoms. The maximum Gasteiger partial charge on any atom is 0.303 e. The summed E-state index contributed by atoms with van der Waals surface area (Å²) in [6, 6.07) is 3.55. The van der Waals surface area contributed by atoms with E-state index < -0.39 is 12.1 Å². The topological polar surface area (TPSA) is 70.4 Å². The molecule has 0 amide bonds. The Kier molecular flexibility index (Phi) is 3.59. The van der Waals surface area contributed by atoms with Gasteiger partial charge in [-0.2, -0.15) is 0 Å². The summed E-state index contributed by atoms with van der Waals surface area (Å²) in [7, 11) is 0. The average Bonchev–Trinajstić information content (AvgIpc) is 2.15. The molecule has 0 saturated heterocycles. The molecular formula is C10H13NO3. The van der Waals surface area contributed by atoms with Crippen molar-refractivity contribution < 1.29 is 15.0 Å². The van der Waals surface area contributed by atoms with Gasteiger partial charge in [-0.15, -0.1) is 0 Å². The Balaban J connectivity index is 2.56. The lowest BCUT2D eigenvalue weighted by Crippen LogP contribution is -2.02. The minimum absolute atomic E-state index is 0.0327. The molecule has 0 aliphatic heterocycles. The van der Waals surface area contributed by atoms with Crippen LogP contribution in [0.25, 0.3) is 0 Å². The zero-order chi connectivity index (χ0) is 10.6. The monoisotopic (exact) mass is 195 g/mol. The molecule has 4 nitrogen and oxygen atoms in total. The van der Waals surface area contributed by atoms with Crippen LogP contribution in [0.1, 0.15) is 30.2 Å². The Hall–Kier alpha value is -1.42. The first-order chi connectivity index (χ1) is 6.59. The Morgan fingerprint density at radius 1 is 1.57 bits per heavy atom. The van der Waals surface area contributed by atoms with Crippen molar-refractivity contribution in [2.75, 3.05) is 0 Å². The van der Waals surface area contributed by atoms with Crippen molar-refractivity contribution in [2.24, 2.45) is 0 Å². The van der Waals surface area contributed by atoms with Gasteiger partial charge in [0, 0.05) is 18.3 Å². The maximum absolute atomic E-state index is 10.3. The van der Waals surface area contributed by atoms with Crippen molar-refractivity contribution in [3.05, 3.63) is 29.6 Å². The standard InChI is InChI=1S/C10H13NO3/c1-7-2-3-8(6-11-7)9(12)4-5-10(13)14/h2-3,6,9,12H,4-5H2,1H3,(H,13,14). The molecule has 76 valence electrons. The largest absolute Gasteiger partial charge is 0.481 e. The molecule has 0 bridgehead atoms. The van der Waals surface area contributed by atoms with Crippen molar-refractivity contribution in [3.63, 3.8) is 0 Å². The zero-order valence-electron chi connectivity index (χ0n) is 7.97. The number of aryl methyl sites for hydroxylation is 1. The third-order valence-electron chi connectivity index (χ3n) is 1.95. The predicted molar refractivity (Wildman–Crippen MR) is 50.8 cm³/mol. The van der Waals surface area contributed by atoms with Crippen molar-refractivity contribution in [1.29, 1.82) is 0 Å². The molecule has 14 heavy (non-hydrogen) atoms. The van der Waals surface area contributed by atoms with E-state index in [0.29, 0.717) is 5.56 Å². The van der Waals surface area contributed by atoms with Gasteiger partial charge < -0.3 is 10.2 Å². The van der Waals surface area contributed by atoms with E-state index in [4.69, 9.17) is 5.11 Å². The summed E-state index contributed by atoms with van der Waals surface area (Å²) >= 11 is 0. The van der Waals surface area contributed by atoms with Crippen LogP contribution in [0, 0.1) is 6.92 Å².